The predicted molar refractivity (Wildman–Crippen MR) is 116 cm³/mol. The van der Waals surface area contributed by atoms with Gasteiger partial charge in [-0.15, -0.1) is 11.3 Å². The Labute approximate surface area is 172 Å². The molecule has 0 unspecified atom stereocenters. The molecule has 0 spiro atoms. The Kier molecular flexibility index (Phi) is 5.14. The molecule has 0 amide bonds. The molecule has 4 aromatic rings. The molecule has 0 saturated carbocycles. The fraction of sp³-hybridized carbons (Fsp3) is 0.136. The van der Waals surface area contributed by atoms with Crippen LogP contribution in [0, 0.1) is 0 Å². The molecular weight excluding hydrogens is 386 g/mol. The molecular formula is C22H19N3O3S. The smallest absolute Gasteiger partial charge is 0.161 e. The van der Waals surface area contributed by atoms with E-state index >= 15 is 0 Å². The molecule has 4 rings (SSSR count). The molecule has 1 N–H and O–H groups in total. The van der Waals surface area contributed by atoms with Gasteiger partial charge in [0.15, 0.2) is 17.3 Å². The first-order valence-corrected chi connectivity index (χ1v) is 9.81. The third-order valence-electron chi connectivity index (χ3n) is 4.62. The van der Waals surface area contributed by atoms with Gasteiger partial charge in [-0.2, -0.15) is 0 Å². The molecule has 29 heavy (non-hydrogen) atoms. The van der Waals surface area contributed by atoms with Crippen molar-refractivity contribution in [1.82, 2.24) is 9.97 Å². The Hall–Kier alpha value is -3.45. The molecule has 0 radical (unpaired) electrons. The molecule has 0 aliphatic heterocycles. The summed E-state index contributed by atoms with van der Waals surface area (Å²) >= 11 is 1.56. The lowest BCUT2D eigenvalue weighted by atomic mass is 10.1. The van der Waals surface area contributed by atoms with Gasteiger partial charge in [-0.3, -0.25) is 4.79 Å². The lowest BCUT2D eigenvalue weighted by Gasteiger charge is -2.11. The summed E-state index contributed by atoms with van der Waals surface area (Å²) in [5.74, 6) is 2.08. The van der Waals surface area contributed by atoms with E-state index in [1.165, 1.54) is 0 Å². The summed E-state index contributed by atoms with van der Waals surface area (Å²) in [4.78, 5) is 21.2. The average Bonchev–Trinajstić information content (AvgIpc) is 3.19. The van der Waals surface area contributed by atoms with Crippen molar-refractivity contribution in [2.45, 2.75) is 6.92 Å². The van der Waals surface area contributed by atoms with Crippen molar-refractivity contribution in [3.05, 3.63) is 59.7 Å². The number of rotatable bonds is 6. The number of Topliss-reactive ketones (excluding diaryl/α,β-unsaturated/α-hetero) is 1. The molecule has 0 aliphatic rings. The number of ketones is 1. The van der Waals surface area contributed by atoms with Crippen LogP contribution in [0.15, 0.2) is 54.2 Å². The number of thiophene rings is 1. The largest absolute Gasteiger partial charge is 0.493 e. The van der Waals surface area contributed by atoms with Crippen LogP contribution < -0.4 is 14.8 Å². The lowest BCUT2D eigenvalue weighted by Crippen LogP contribution is -1.97. The van der Waals surface area contributed by atoms with Gasteiger partial charge in [0.25, 0.3) is 0 Å². The Balaban J connectivity index is 1.77. The third-order valence-corrected chi connectivity index (χ3v) is 5.51. The van der Waals surface area contributed by atoms with Gasteiger partial charge < -0.3 is 14.8 Å². The number of ether oxygens (including phenoxy) is 2. The highest BCUT2D eigenvalue weighted by molar-refractivity contribution is 7.17. The summed E-state index contributed by atoms with van der Waals surface area (Å²) in [5.41, 5.74) is 3.51. The second-order valence-electron chi connectivity index (χ2n) is 6.38. The zero-order chi connectivity index (χ0) is 20.4. The first-order chi connectivity index (χ1) is 14.1. The van der Waals surface area contributed by atoms with E-state index in [-0.39, 0.29) is 5.78 Å². The van der Waals surface area contributed by atoms with Crippen LogP contribution in [0.4, 0.5) is 11.5 Å². The third kappa shape index (κ3) is 3.64. The van der Waals surface area contributed by atoms with Crippen LogP contribution in [0.5, 0.6) is 11.5 Å². The predicted octanol–water partition coefficient (Wildman–Crippen LogP) is 5.32. The molecule has 0 atom stereocenters. The maximum Gasteiger partial charge on any atom is 0.161 e. The van der Waals surface area contributed by atoms with Gasteiger partial charge in [-0.05, 0) is 48.9 Å². The number of methoxy groups -OCH3 is 2. The van der Waals surface area contributed by atoms with E-state index in [2.05, 4.69) is 20.7 Å². The molecule has 0 bridgehead atoms. The number of carbonyl (C=O) groups excluding carboxylic acids is 1. The Morgan fingerprint density at radius 1 is 1.00 bits per heavy atom. The number of benzene rings is 2. The zero-order valence-corrected chi connectivity index (χ0v) is 17.0. The molecule has 2 heterocycles. The molecule has 2 aromatic heterocycles. The van der Waals surface area contributed by atoms with E-state index < -0.39 is 0 Å². The molecule has 2 aromatic carbocycles. The average molecular weight is 405 g/mol. The van der Waals surface area contributed by atoms with E-state index in [0.717, 1.165) is 27.0 Å². The second-order valence-corrected chi connectivity index (χ2v) is 7.24. The minimum atomic E-state index is 0.0366. The summed E-state index contributed by atoms with van der Waals surface area (Å²) in [6.07, 6.45) is 1.55. The summed E-state index contributed by atoms with van der Waals surface area (Å²) in [7, 11) is 3.24. The summed E-state index contributed by atoms with van der Waals surface area (Å²) in [6, 6.07) is 13.1. The number of fused-ring (bicyclic) bond motifs is 1. The summed E-state index contributed by atoms with van der Waals surface area (Å²) in [5, 5.41) is 6.34. The molecule has 146 valence electrons. The monoisotopic (exact) mass is 405 g/mol. The summed E-state index contributed by atoms with van der Waals surface area (Å²) < 4.78 is 10.8. The highest BCUT2D eigenvalue weighted by Crippen LogP contribution is 2.40. The van der Waals surface area contributed by atoms with Gasteiger partial charge in [-0.25, -0.2) is 9.97 Å². The van der Waals surface area contributed by atoms with Crippen molar-refractivity contribution in [3.8, 4) is 22.6 Å². The quantitative estimate of drug-likeness (QED) is 0.438. The van der Waals surface area contributed by atoms with E-state index in [4.69, 9.17) is 9.47 Å². The Bertz CT molecular complexity index is 1190. The van der Waals surface area contributed by atoms with Gasteiger partial charge >= 0.3 is 0 Å². The number of hydrogen-bond donors (Lipinski definition) is 1. The molecule has 0 saturated heterocycles. The minimum Gasteiger partial charge on any atom is -0.493 e. The number of hydrogen-bond acceptors (Lipinski definition) is 7. The Morgan fingerprint density at radius 2 is 1.76 bits per heavy atom. The zero-order valence-electron chi connectivity index (χ0n) is 16.2. The maximum absolute atomic E-state index is 11.5. The van der Waals surface area contributed by atoms with Crippen molar-refractivity contribution < 1.29 is 14.3 Å². The highest BCUT2D eigenvalue weighted by atomic mass is 32.1. The number of anilines is 2. The number of aromatic nitrogens is 2. The normalized spacial score (nSPS) is 10.7. The Morgan fingerprint density at radius 3 is 2.45 bits per heavy atom. The standard InChI is InChI=1S/C22H19N3O3S/c1-13(26)14-4-7-16(8-5-14)25-21-20-17(11-29-22(20)24-12-23-21)15-6-9-18(27-2)19(10-15)28-3/h4-12H,1-3H3,(H,23,24,25). The van der Waals surface area contributed by atoms with Crippen LogP contribution in [0.25, 0.3) is 21.3 Å². The minimum absolute atomic E-state index is 0.0366. The van der Waals surface area contributed by atoms with Gasteiger partial charge in [0.1, 0.15) is 17.0 Å². The SMILES string of the molecule is COc1ccc(-c2csc3ncnc(Nc4ccc(C(C)=O)cc4)c23)cc1OC. The van der Waals surface area contributed by atoms with Crippen molar-refractivity contribution in [1.29, 1.82) is 0 Å². The lowest BCUT2D eigenvalue weighted by molar-refractivity contribution is 0.101. The fourth-order valence-corrected chi connectivity index (χ4v) is 4.03. The van der Waals surface area contributed by atoms with Gasteiger partial charge in [-0.1, -0.05) is 6.07 Å². The van der Waals surface area contributed by atoms with E-state index in [1.807, 2.05) is 30.3 Å². The second kappa shape index (κ2) is 7.89. The molecule has 0 fully saturated rings. The van der Waals surface area contributed by atoms with E-state index in [9.17, 15) is 4.79 Å². The number of nitrogens with zero attached hydrogens (tertiary/aromatic N) is 2. The van der Waals surface area contributed by atoms with Crippen molar-refractivity contribution in [2.24, 2.45) is 0 Å². The van der Waals surface area contributed by atoms with Gasteiger partial charge in [0.05, 0.1) is 19.6 Å². The van der Waals surface area contributed by atoms with Crippen LogP contribution in [0.3, 0.4) is 0 Å². The topological polar surface area (TPSA) is 73.3 Å². The maximum atomic E-state index is 11.5. The van der Waals surface area contributed by atoms with Gasteiger partial charge in [0.2, 0.25) is 0 Å². The first-order valence-electron chi connectivity index (χ1n) is 8.93. The van der Waals surface area contributed by atoms with E-state index in [0.29, 0.717) is 22.9 Å². The molecule has 7 heteroatoms. The molecule has 6 nitrogen and oxygen atoms in total. The fourth-order valence-electron chi connectivity index (χ4n) is 3.11. The number of carbonyl (C=O) groups is 1. The number of nitrogens with one attached hydrogen (secondary N) is 1. The first kappa shape index (κ1) is 18.9. The van der Waals surface area contributed by atoms with Crippen LogP contribution in [0.2, 0.25) is 0 Å². The van der Waals surface area contributed by atoms with Crippen molar-refractivity contribution in [2.75, 3.05) is 19.5 Å². The summed E-state index contributed by atoms with van der Waals surface area (Å²) in [6.45, 7) is 1.55. The van der Waals surface area contributed by atoms with Crippen LogP contribution in [-0.2, 0) is 0 Å². The van der Waals surface area contributed by atoms with Crippen molar-refractivity contribution in [3.63, 3.8) is 0 Å². The molecule has 0 aliphatic carbocycles. The van der Waals surface area contributed by atoms with Crippen LogP contribution in [-0.4, -0.2) is 30.0 Å². The van der Waals surface area contributed by atoms with Crippen LogP contribution >= 0.6 is 11.3 Å². The highest BCUT2D eigenvalue weighted by Gasteiger charge is 2.15. The van der Waals surface area contributed by atoms with Gasteiger partial charge in [0, 0.05) is 22.2 Å². The van der Waals surface area contributed by atoms with Crippen molar-refractivity contribution >= 4 is 38.8 Å². The van der Waals surface area contributed by atoms with Crippen LogP contribution in [0.1, 0.15) is 17.3 Å². The van der Waals surface area contributed by atoms with E-state index in [1.54, 1.807) is 50.9 Å².